The SMILES string of the molecule is CCc1c(C(=O)O)ccc2c1CC[C@H]1C(C)(C)CCC[C@]21C. The topological polar surface area (TPSA) is 37.3 Å². The third kappa shape index (κ3) is 2.11. The molecule has 2 atom stereocenters. The monoisotopic (exact) mass is 300 g/mol. The molecule has 1 N–H and O–H groups in total. The van der Waals surface area contributed by atoms with Crippen molar-refractivity contribution in [2.45, 2.75) is 71.6 Å². The third-order valence-electron chi connectivity index (χ3n) is 6.54. The third-order valence-corrected chi connectivity index (χ3v) is 6.54. The van der Waals surface area contributed by atoms with Crippen LogP contribution in [-0.2, 0) is 18.3 Å². The number of carbonyl (C=O) groups is 1. The quantitative estimate of drug-likeness (QED) is 0.836. The summed E-state index contributed by atoms with van der Waals surface area (Å²) < 4.78 is 0. The van der Waals surface area contributed by atoms with E-state index in [1.807, 2.05) is 6.07 Å². The van der Waals surface area contributed by atoms with Crippen molar-refractivity contribution in [2.75, 3.05) is 0 Å². The fraction of sp³-hybridized carbons (Fsp3) is 0.650. The van der Waals surface area contributed by atoms with E-state index in [1.54, 1.807) is 0 Å². The van der Waals surface area contributed by atoms with Gasteiger partial charge in [0, 0.05) is 0 Å². The summed E-state index contributed by atoms with van der Waals surface area (Å²) in [5, 5.41) is 9.48. The van der Waals surface area contributed by atoms with E-state index >= 15 is 0 Å². The molecule has 0 spiro atoms. The van der Waals surface area contributed by atoms with Gasteiger partial charge in [0.15, 0.2) is 0 Å². The van der Waals surface area contributed by atoms with Gasteiger partial charge in [-0.1, -0.05) is 40.2 Å². The first-order valence-electron chi connectivity index (χ1n) is 8.70. The van der Waals surface area contributed by atoms with Crippen LogP contribution in [0, 0.1) is 11.3 Å². The number of carboxylic acids is 1. The summed E-state index contributed by atoms with van der Waals surface area (Å²) in [4.78, 5) is 11.5. The maximum absolute atomic E-state index is 11.5. The van der Waals surface area contributed by atoms with Crippen molar-refractivity contribution in [3.63, 3.8) is 0 Å². The van der Waals surface area contributed by atoms with Gasteiger partial charge in [-0.3, -0.25) is 0 Å². The lowest BCUT2D eigenvalue weighted by atomic mass is 9.50. The maximum Gasteiger partial charge on any atom is 0.335 e. The molecule has 2 nitrogen and oxygen atoms in total. The number of rotatable bonds is 2. The number of hydrogen-bond acceptors (Lipinski definition) is 1. The summed E-state index contributed by atoms with van der Waals surface area (Å²) in [5.41, 5.74) is 4.99. The first-order valence-corrected chi connectivity index (χ1v) is 8.70. The van der Waals surface area contributed by atoms with Crippen LogP contribution in [0.2, 0.25) is 0 Å². The molecule has 0 aromatic heterocycles. The second-order valence-electron chi connectivity index (χ2n) is 8.13. The fourth-order valence-electron chi connectivity index (χ4n) is 5.56. The first kappa shape index (κ1) is 15.6. The van der Waals surface area contributed by atoms with E-state index in [2.05, 4.69) is 33.8 Å². The van der Waals surface area contributed by atoms with Crippen LogP contribution in [0.4, 0.5) is 0 Å². The molecule has 1 aromatic rings. The fourth-order valence-corrected chi connectivity index (χ4v) is 5.56. The van der Waals surface area contributed by atoms with Gasteiger partial charge in [-0.25, -0.2) is 4.79 Å². The summed E-state index contributed by atoms with van der Waals surface area (Å²) >= 11 is 0. The summed E-state index contributed by atoms with van der Waals surface area (Å²) in [7, 11) is 0. The minimum absolute atomic E-state index is 0.219. The van der Waals surface area contributed by atoms with Gasteiger partial charge in [0.05, 0.1) is 5.56 Å². The highest BCUT2D eigenvalue weighted by atomic mass is 16.4. The molecule has 0 heterocycles. The van der Waals surface area contributed by atoms with Gasteiger partial charge >= 0.3 is 5.97 Å². The molecular formula is C20H28O2. The molecule has 2 aliphatic rings. The molecular weight excluding hydrogens is 272 g/mol. The van der Waals surface area contributed by atoms with Crippen LogP contribution in [0.15, 0.2) is 12.1 Å². The molecule has 0 unspecified atom stereocenters. The Hall–Kier alpha value is -1.31. The number of fused-ring (bicyclic) bond motifs is 3. The molecule has 3 rings (SSSR count). The van der Waals surface area contributed by atoms with E-state index in [4.69, 9.17) is 0 Å². The normalized spacial score (nSPS) is 29.5. The van der Waals surface area contributed by atoms with Crippen molar-refractivity contribution in [3.05, 3.63) is 34.4 Å². The Morgan fingerprint density at radius 3 is 2.64 bits per heavy atom. The Labute approximate surface area is 133 Å². The van der Waals surface area contributed by atoms with Gasteiger partial charge in [0.1, 0.15) is 0 Å². The van der Waals surface area contributed by atoms with E-state index in [-0.39, 0.29) is 5.41 Å². The lowest BCUT2D eigenvalue weighted by Crippen LogP contribution is -2.48. The smallest absolute Gasteiger partial charge is 0.335 e. The van der Waals surface area contributed by atoms with Crippen molar-refractivity contribution in [1.82, 2.24) is 0 Å². The maximum atomic E-state index is 11.5. The number of aromatic carboxylic acids is 1. The molecule has 0 aliphatic heterocycles. The highest BCUT2D eigenvalue weighted by Crippen LogP contribution is 2.57. The summed E-state index contributed by atoms with van der Waals surface area (Å²) in [6.45, 7) is 9.36. The lowest BCUT2D eigenvalue weighted by molar-refractivity contribution is 0.0404. The molecule has 2 heteroatoms. The average Bonchev–Trinajstić information content (AvgIpc) is 2.44. The highest BCUT2D eigenvalue weighted by Gasteiger charge is 2.50. The molecule has 0 amide bonds. The lowest BCUT2D eigenvalue weighted by Gasteiger charge is -2.54. The van der Waals surface area contributed by atoms with Gasteiger partial charge in [-0.05, 0) is 71.6 Å². The number of carboxylic acid groups (broad SMARTS) is 1. The van der Waals surface area contributed by atoms with Crippen LogP contribution < -0.4 is 0 Å². The zero-order valence-electron chi connectivity index (χ0n) is 14.3. The Morgan fingerprint density at radius 1 is 1.27 bits per heavy atom. The summed E-state index contributed by atoms with van der Waals surface area (Å²) in [6, 6.07) is 3.99. The molecule has 0 radical (unpaired) electrons. The van der Waals surface area contributed by atoms with Crippen molar-refractivity contribution in [1.29, 1.82) is 0 Å². The van der Waals surface area contributed by atoms with Crippen LogP contribution in [0.25, 0.3) is 0 Å². The molecule has 0 bridgehead atoms. The minimum Gasteiger partial charge on any atom is -0.478 e. The zero-order valence-corrected chi connectivity index (χ0v) is 14.3. The van der Waals surface area contributed by atoms with Crippen molar-refractivity contribution in [2.24, 2.45) is 11.3 Å². The highest BCUT2D eigenvalue weighted by molar-refractivity contribution is 5.90. The van der Waals surface area contributed by atoms with E-state index < -0.39 is 5.97 Å². The van der Waals surface area contributed by atoms with Crippen LogP contribution in [0.5, 0.6) is 0 Å². The predicted molar refractivity (Wildman–Crippen MR) is 89.6 cm³/mol. The second-order valence-corrected chi connectivity index (χ2v) is 8.13. The van der Waals surface area contributed by atoms with E-state index in [1.165, 1.54) is 36.8 Å². The van der Waals surface area contributed by atoms with E-state index in [0.717, 1.165) is 18.4 Å². The van der Waals surface area contributed by atoms with Crippen LogP contribution in [0.1, 0.15) is 80.4 Å². The van der Waals surface area contributed by atoms with Crippen LogP contribution in [0.3, 0.4) is 0 Å². The average molecular weight is 300 g/mol. The molecule has 0 saturated heterocycles. The van der Waals surface area contributed by atoms with Crippen LogP contribution in [-0.4, -0.2) is 11.1 Å². The Morgan fingerprint density at radius 2 is 2.00 bits per heavy atom. The van der Waals surface area contributed by atoms with Gasteiger partial charge in [0.25, 0.3) is 0 Å². The largest absolute Gasteiger partial charge is 0.478 e. The van der Waals surface area contributed by atoms with Gasteiger partial charge in [-0.2, -0.15) is 0 Å². The number of hydrogen-bond donors (Lipinski definition) is 1. The molecule has 2 aliphatic carbocycles. The molecule has 120 valence electrons. The van der Waals surface area contributed by atoms with Crippen molar-refractivity contribution >= 4 is 5.97 Å². The Kier molecular flexibility index (Phi) is 3.62. The van der Waals surface area contributed by atoms with Gasteiger partial charge in [-0.15, -0.1) is 0 Å². The molecule has 22 heavy (non-hydrogen) atoms. The molecule has 1 aromatic carbocycles. The van der Waals surface area contributed by atoms with Crippen molar-refractivity contribution in [3.8, 4) is 0 Å². The zero-order chi connectivity index (χ0) is 16.1. The summed E-state index contributed by atoms with van der Waals surface area (Å²) in [5.74, 6) is -0.0717. The predicted octanol–water partition coefficient (Wildman–Crippen LogP) is 4.98. The van der Waals surface area contributed by atoms with E-state index in [0.29, 0.717) is 16.9 Å². The standard InChI is InChI=1S/C20H28O2/c1-5-13-14-8-10-17-19(2,3)11-6-12-20(17,4)16(14)9-7-15(13)18(21)22/h7,9,17H,5-6,8,10-12H2,1-4H3,(H,21,22)/t17-,20+/m0/s1. The van der Waals surface area contributed by atoms with Crippen molar-refractivity contribution < 1.29 is 9.90 Å². The number of benzene rings is 1. The molecule has 1 fully saturated rings. The second kappa shape index (κ2) is 5.11. The Bertz CT molecular complexity index is 614. The Balaban J connectivity index is 2.17. The molecule has 1 saturated carbocycles. The first-order chi connectivity index (χ1) is 10.3. The van der Waals surface area contributed by atoms with E-state index in [9.17, 15) is 9.90 Å². The van der Waals surface area contributed by atoms with Crippen LogP contribution >= 0.6 is 0 Å². The minimum atomic E-state index is -0.782. The van der Waals surface area contributed by atoms with Gasteiger partial charge in [0.2, 0.25) is 0 Å². The summed E-state index contributed by atoms with van der Waals surface area (Å²) in [6.07, 6.45) is 6.90. The van der Waals surface area contributed by atoms with Gasteiger partial charge < -0.3 is 5.11 Å².